The summed E-state index contributed by atoms with van der Waals surface area (Å²) in [6.45, 7) is 4.87. The molecule has 0 saturated heterocycles. The molecule has 0 spiro atoms. The zero-order valence-electron chi connectivity index (χ0n) is 10.5. The van der Waals surface area contributed by atoms with Crippen molar-refractivity contribution in [3.05, 3.63) is 29.3 Å². The molecule has 0 radical (unpaired) electrons. The summed E-state index contributed by atoms with van der Waals surface area (Å²) in [5.74, 6) is 0.831. The average molecular weight is 223 g/mol. The molecular weight excluding hydrogens is 202 g/mol. The van der Waals surface area contributed by atoms with Gasteiger partial charge >= 0.3 is 0 Å². The summed E-state index contributed by atoms with van der Waals surface area (Å²) in [5.41, 5.74) is 1.91. The predicted molar refractivity (Wildman–Crippen MR) is 66.1 cm³/mol. The third kappa shape index (κ3) is 2.54. The molecule has 16 heavy (non-hydrogen) atoms. The molecule has 1 rings (SSSR count). The van der Waals surface area contributed by atoms with Crippen LogP contribution >= 0.6 is 0 Å². The molecule has 1 atom stereocenters. The molecule has 0 aliphatic rings. The predicted octanol–water partition coefficient (Wildman–Crippen LogP) is 1.47. The van der Waals surface area contributed by atoms with Crippen LogP contribution in [0.2, 0.25) is 0 Å². The Kier molecular flexibility index (Phi) is 4.33. The van der Waals surface area contributed by atoms with E-state index < -0.39 is 0 Å². The van der Waals surface area contributed by atoms with Crippen molar-refractivity contribution < 1.29 is 9.84 Å². The molecule has 0 fully saturated rings. The average Bonchev–Trinajstić information content (AvgIpc) is 2.29. The van der Waals surface area contributed by atoms with Crippen LogP contribution < -0.4 is 10.1 Å². The van der Waals surface area contributed by atoms with Gasteiger partial charge in [-0.05, 0) is 20.0 Å². The van der Waals surface area contributed by atoms with Gasteiger partial charge in [-0.25, -0.2) is 0 Å². The third-order valence-electron chi connectivity index (χ3n) is 2.92. The summed E-state index contributed by atoms with van der Waals surface area (Å²) >= 11 is 0. The molecule has 0 aliphatic heterocycles. The van der Waals surface area contributed by atoms with Crippen LogP contribution in [0.3, 0.4) is 0 Å². The van der Waals surface area contributed by atoms with Gasteiger partial charge in [0.25, 0.3) is 0 Å². The number of ether oxygens (including phenoxy) is 1. The smallest absolute Gasteiger partial charge is 0.122 e. The van der Waals surface area contributed by atoms with E-state index in [-0.39, 0.29) is 12.0 Å². The summed E-state index contributed by atoms with van der Waals surface area (Å²) < 4.78 is 5.36. The number of methoxy groups -OCH3 is 1. The van der Waals surface area contributed by atoms with Crippen LogP contribution in [-0.4, -0.2) is 32.4 Å². The fourth-order valence-corrected chi connectivity index (χ4v) is 1.92. The third-order valence-corrected chi connectivity index (χ3v) is 2.92. The maximum Gasteiger partial charge on any atom is 0.122 e. The Morgan fingerprint density at radius 3 is 2.62 bits per heavy atom. The Morgan fingerprint density at radius 1 is 1.44 bits per heavy atom. The minimum absolute atomic E-state index is 0.0909. The van der Waals surface area contributed by atoms with Crippen molar-refractivity contribution in [2.24, 2.45) is 0 Å². The number of aliphatic hydroxyl groups excluding tert-OH is 1. The zero-order valence-corrected chi connectivity index (χ0v) is 10.5. The van der Waals surface area contributed by atoms with Gasteiger partial charge in [0, 0.05) is 17.5 Å². The van der Waals surface area contributed by atoms with Crippen molar-refractivity contribution in [3.63, 3.8) is 0 Å². The minimum atomic E-state index is -0.313. The standard InChI is InChI=1S/C13H21NO2/c1-10-5-6-12(16-4)11(7-10)13(2,9-15)8-14-3/h5-7,14-15H,8-9H2,1-4H3. The molecule has 0 saturated carbocycles. The lowest BCUT2D eigenvalue weighted by molar-refractivity contribution is 0.200. The van der Waals surface area contributed by atoms with Crippen LogP contribution in [0.5, 0.6) is 5.75 Å². The number of benzene rings is 1. The van der Waals surface area contributed by atoms with Gasteiger partial charge in [0.1, 0.15) is 5.75 Å². The molecular formula is C13H21NO2. The molecule has 1 unspecified atom stereocenters. The van der Waals surface area contributed by atoms with Crippen molar-refractivity contribution in [1.29, 1.82) is 0 Å². The first-order valence-electron chi connectivity index (χ1n) is 5.48. The lowest BCUT2D eigenvalue weighted by atomic mass is 9.82. The molecule has 3 heteroatoms. The second-order valence-corrected chi connectivity index (χ2v) is 4.45. The van der Waals surface area contributed by atoms with Gasteiger partial charge in [-0.2, -0.15) is 0 Å². The van der Waals surface area contributed by atoms with Crippen molar-refractivity contribution in [2.45, 2.75) is 19.3 Å². The van der Waals surface area contributed by atoms with Crippen molar-refractivity contribution in [3.8, 4) is 5.75 Å². The van der Waals surface area contributed by atoms with Crippen molar-refractivity contribution in [1.82, 2.24) is 5.32 Å². The van der Waals surface area contributed by atoms with E-state index in [0.29, 0.717) is 6.54 Å². The number of nitrogens with one attached hydrogen (secondary N) is 1. The molecule has 0 heterocycles. The normalized spacial score (nSPS) is 14.6. The largest absolute Gasteiger partial charge is 0.496 e. The molecule has 90 valence electrons. The second-order valence-electron chi connectivity index (χ2n) is 4.45. The van der Waals surface area contributed by atoms with Crippen LogP contribution in [0.25, 0.3) is 0 Å². The van der Waals surface area contributed by atoms with E-state index >= 15 is 0 Å². The van der Waals surface area contributed by atoms with E-state index in [0.717, 1.165) is 11.3 Å². The van der Waals surface area contributed by atoms with Crippen LogP contribution in [0, 0.1) is 6.92 Å². The van der Waals surface area contributed by atoms with Crippen molar-refractivity contribution in [2.75, 3.05) is 27.3 Å². The fourth-order valence-electron chi connectivity index (χ4n) is 1.92. The van der Waals surface area contributed by atoms with E-state index in [1.165, 1.54) is 5.56 Å². The molecule has 1 aromatic rings. The Balaban J connectivity index is 3.21. The van der Waals surface area contributed by atoms with Gasteiger partial charge < -0.3 is 15.2 Å². The molecule has 3 nitrogen and oxygen atoms in total. The summed E-state index contributed by atoms with van der Waals surface area (Å²) in [6, 6.07) is 6.04. The van der Waals surface area contributed by atoms with Crippen LogP contribution in [0.1, 0.15) is 18.1 Å². The molecule has 0 amide bonds. The van der Waals surface area contributed by atoms with Gasteiger partial charge in [-0.15, -0.1) is 0 Å². The minimum Gasteiger partial charge on any atom is -0.496 e. The summed E-state index contributed by atoms with van der Waals surface area (Å²) in [7, 11) is 3.54. The van der Waals surface area contributed by atoms with Crippen LogP contribution in [0.4, 0.5) is 0 Å². The Morgan fingerprint density at radius 2 is 2.12 bits per heavy atom. The van der Waals surface area contributed by atoms with E-state index in [9.17, 15) is 5.11 Å². The molecule has 0 bridgehead atoms. The lowest BCUT2D eigenvalue weighted by Crippen LogP contribution is -2.37. The van der Waals surface area contributed by atoms with Gasteiger partial charge in [-0.3, -0.25) is 0 Å². The second kappa shape index (κ2) is 5.32. The summed E-state index contributed by atoms with van der Waals surface area (Å²) in [6.07, 6.45) is 0. The van der Waals surface area contributed by atoms with Gasteiger partial charge in [-0.1, -0.05) is 24.6 Å². The quantitative estimate of drug-likeness (QED) is 0.794. The maximum absolute atomic E-state index is 9.59. The number of aliphatic hydroxyl groups is 1. The first kappa shape index (κ1) is 13.0. The molecule has 1 aromatic carbocycles. The van der Waals surface area contributed by atoms with E-state index in [4.69, 9.17) is 4.74 Å². The number of hydrogen-bond acceptors (Lipinski definition) is 3. The first-order chi connectivity index (χ1) is 7.57. The van der Waals surface area contributed by atoms with E-state index in [2.05, 4.69) is 11.4 Å². The van der Waals surface area contributed by atoms with Crippen LogP contribution in [-0.2, 0) is 5.41 Å². The number of aryl methyl sites for hydroxylation is 1. The summed E-state index contributed by atoms with van der Waals surface area (Å²) in [4.78, 5) is 0. The van der Waals surface area contributed by atoms with Crippen molar-refractivity contribution >= 4 is 0 Å². The highest BCUT2D eigenvalue weighted by molar-refractivity contribution is 5.42. The number of rotatable bonds is 5. The number of hydrogen-bond donors (Lipinski definition) is 2. The van der Waals surface area contributed by atoms with E-state index in [1.807, 2.05) is 33.0 Å². The van der Waals surface area contributed by atoms with Gasteiger partial charge in [0.2, 0.25) is 0 Å². The monoisotopic (exact) mass is 223 g/mol. The number of likely N-dealkylation sites (N-methyl/N-ethyl adjacent to an activating group) is 1. The highest BCUT2D eigenvalue weighted by Crippen LogP contribution is 2.32. The highest BCUT2D eigenvalue weighted by Gasteiger charge is 2.28. The first-order valence-corrected chi connectivity index (χ1v) is 5.48. The van der Waals surface area contributed by atoms with Crippen LogP contribution in [0.15, 0.2) is 18.2 Å². The van der Waals surface area contributed by atoms with E-state index in [1.54, 1.807) is 7.11 Å². The SMILES string of the molecule is CNCC(C)(CO)c1cc(C)ccc1OC. The molecule has 0 aromatic heterocycles. The molecule has 2 N–H and O–H groups in total. The highest BCUT2D eigenvalue weighted by atomic mass is 16.5. The Bertz CT molecular complexity index is 352. The molecule has 0 aliphatic carbocycles. The summed E-state index contributed by atoms with van der Waals surface area (Å²) in [5, 5.41) is 12.7. The Labute approximate surface area is 97.4 Å². The topological polar surface area (TPSA) is 41.5 Å². The fraction of sp³-hybridized carbons (Fsp3) is 0.538. The Hall–Kier alpha value is -1.06. The van der Waals surface area contributed by atoms with Gasteiger partial charge in [0.15, 0.2) is 0 Å². The lowest BCUT2D eigenvalue weighted by Gasteiger charge is -2.29. The van der Waals surface area contributed by atoms with Gasteiger partial charge in [0.05, 0.1) is 13.7 Å². The zero-order chi connectivity index (χ0) is 12.2. The maximum atomic E-state index is 9.59.